The first-order chi connectivity index (χ1) is 9.72. The van der Waals surface area contributed by atoms with Crippen LogP contribution in [0.1, 0.15) is 18.1 Å². The fourth-order valence-corrected chi connectivity index (χ4v) is 1.98. The summed E-state index contributed by atoms with van der Waals surface area (Å²) in [5.74, 6) is 1.05. The lowest BCUT2D eigenvalue weighted by Crippen LogP contribution is -2.11. The van der Waals surface area contributed by atoms with Crippen LogP contribution in [0.3, 0.4) is 0 Å². The van der Waals surface area contributed by atoms with Crippen LogP contribution in [0.2, 0.25) is 0 Å². The summed E-state index contributed by atoms with van der Waals surface area (Å²) in [6, 6.07) is 8.34. The van der Waals surface area contributed by atoms with Crippen molar-refractivity contribution in [1.29, 1.82) is 0 Å². The number of hydrogen-bond donors (Lipinski definition) is 2. The van der Waals surface area contributed by atoms with Crippen molar-refractivity contribution in [3.63, 3.8) is 0 Å². The van der Waals surface area contributed by atoms with Crippen LogP contribution >= 0.6 is 0 Å². The minimum Gasteiger partial charge on any atom is -0.476 e. The van der Waals surface area contributed by atoms with E-state index in [1.807, 2.05) is 13.0 Å². The van der Waals surface area contributed by atoms with E-state index in [1.165, 1.54) is 17.5 Å². The van der Waals surface area contributed by atoms with Gasteiger partial charge in [-0.15, -0.1) is 0 Å². The average molecular weight is 272 g/mol. The van der Waals surface area contributed by atoms with E-state index >= 15 is 0 Å². The second-order valence-corrected chi connectivity index (χ2v) is 4.48. The predicted molar refractivity (Wildman–Crippen MR) is 81.0 cm³/mol. The third-order valence-electron chi connectivity index (χ3n) is 3.08. The molecule has 0 bridgehead atoms. The lowest BCUT2D eigenvalue weighted by molar-refractivity contribution is 0.328. The molecule has 0 aliphatic carbocycles. The summed E-state index contributed by atoms with van der Waals surface area (Å²) in [7, 11) is 0. The topological polar surface area (TPSA) is 73.1 Å². The summed E-state index contributed by atoms with van der Waals surface area (Å²) in [4.78, 5) is 8.16. The molecule has 1 heterocycles. The molecule has 2 rings (SSSR count). The third kappa shape index (κ3) is 3.38. The summed E-state index contributed by atoms with van der Waals surface area (Å²) in [5, 5.41) is 3.23. The number of benzene rings is 1. The van der Waals surface area contributed by atoms with Crippen molar-refractivity contribution in [2.75, 3.05) is 24.2 Å². The third-order valence-corrected chi connectivity index (χ3v) is 3.08. The number of nitrogen functional groups attached to an aromatic ring is 1. The van der Waals surface area contributed by atoms with Crippen molar-refractivity contribution < 1.29 is 4.74 Å². The Balaban J connectivity index is 1.98. The second kappa shape index (κ2) is 6.75. The molecule has 106 valence electrons. The van der Waals surface area contributed by atoms with Crippen LogP contribution in [-0.4, -0.2) is 23.1 Å². The highest BCUT2D eigenvalue weighted by molar-refractivity contribution is 5.66. The Morgan fingerprint density at radius 1 is 1.25 bits per heavy atom. The van der Waals surface area contributed by atoms with Crippen LogP contribution < -0.4 is 15.8 Å². The van der Waals surface area contributed by atoms with Gasteiger partial charge in [-0.25, -0.2) is 4.98 Å². The zero-order valence-corrected chi connectivity index (χ0v) is 11.9. The summed E-state index contributed by atoms with van der Waals surface area (Å²) < 4.78 is 5.34. The lowest BCUT2D eigenvalue weighted by atomic mass is 10.1. The Labute approximate surface area is 119 Å². The van der Waals surface area contributed by atoms with Gasteiger partial charge in [0.1, 0.15) is 12.0 Å². The zero-order chi connectivity index (χ0) is 14.4. The zero-order valence-electron chi connectivity index (χ0n) is 11.9. The van der Waals surface area contributed by atoms with Gasteiger partial charge in [-0.2, -0.15) is 4.98 Å². The van der Waals surface area contributed by atoms with E-state index in [1.54, 1.807) is 0 Å². The highest BCUT2D eigenvalue weighted by Crippen LogP contribution is 2.24. The highest BCUT2D eigenvalue weighted by atomic mass is 16.5. The summed E-state index contributed by atoms with van der Waals surface area (Å²) in [6.07, 6.45) is 2.37. The number of aryl methyl sites for hydroxylation is 1. The van der Waals surface area contributed by atoms with Crippen LogP contribution in [0.4, 0.5) is 11.5 Å². The maximum atomic E-state index is 5.97. The maximum Gasteiger partial charge on any atom is 0.242 e. The Bertz CT molecular complexity index is 572. The second-order valence-electron chi connectivity index (χ2n) is 4.48. The van der Waals surface area contributed by atoms with E-state index < -0.39 is 0 Å². The Hall–Kier alpha value is -2.30. The largest absolute Gasteiger partial charge is 0.476 e. The van der Waals surface area contributed by atoms with Gasteiger partial charge in [-0.3, -0.25) is 0 Å². The van der Waals surface area contributed by atoms with Gasteiger partial charge in [0.2, 0.25) is 5.88 Å². The van der Waals surface area contributed by atoms with Crippen molar-refractivity contribution in [1.82, 2.24) is 9.97 Å². The molecule has 2 aromatic rings. The van der Waals surface area contributed by atoms with Crippen LogP contribution in [0.15, 0.2) is 30.6 Å². The first-order valence-electron chi connectivity index (χ1n) is 6.74. The van der Waals surface area contributed by atoms with Gasteiger partial charge >= 0.3 is 0 Å². The molecule has 5 heteroatoms. The fraction of sp³-hybridized carbons (Fsp3) is 0.333. The molecule has 0 spiro atoms. The molecule has 0 radical (unpaired) electrons. The Morgan fingerprint density at radius 3 is 2.80 bits per heavy atom. The summed E-state index contributed by atoms with van der Waals surface area (Å²) in [5.41, 5.74) is 9.03. The van der Waals surface area contributed by atoms with E-state index in [0.717, 1.165) is 13.0 Å². The molecule has 0 amide bonds. The van der Waals surface area contributed by atoms with Crippen molar-refractivity contribution in [3.05, 3.63) is 41.7 Å². The molecule has 5 nitrogen and oxygen atoms in total. The summed E-state index contributed by atoms with van der Waals surface area (Å²) in [6.45, 7) is 5.30. The number of rotatable bonds is 6. The van der Waals surface area contributed by atoms with E-state index in [0.29, 0.717) is 24.0 Å². The van der Waals surface area contributed by atoms with Crippen LogP contribution in [-0.2, 0) is 6.42 Å². The van der Waals surface area contributed by atoms with Gasteiger partial charge in [0.15, 0.2) is 5.82 Å². The van der Waals surface area contributed by atoms with Gasteiger partial charge in [0.25, 0.3) is 0 Å². The normalized spacial score (nSPS) is 10.3. The number of aromatic nitrogens is 2. The smallest absolute Gasteiger partial charge is 0.242 e. The standard InChI is InChI=1S/C15H20N4O/c1-3-20-15-13(16)14(18-10-19-15)17-9-8-12-7-5-4-6-11(12)2/h4-7,10H,3,8-9,16H2,1-2H3,(H,17,18,19). The predicted octanol–water partition coefficient (Wildman–Crippen LogP) is 2.42. The lowest BCUT2D eigenvalue weighted by Gasteiger charge is -2.11. The quantitative estimate of drug-likeness (QED) is 0.845. The number of ether oxygens (including phenoxy) is 1. The highest BCUT2D eigenvalue weighted by Gasteiger charge is 2.08. The van der Waals surface area contributed by atoms with Crippen LogP contribution in [0.25, 0.3) is 0 Å². The molecule has 20 heavy (non-hydrogen) atoms. The minimum absolute atomic E-state index is 0.431. The van der Waals surface area contributed by atoms with E-state index in [-0.39, 0.29) is 0 Å². The summed E-state index contributed by atoms with van der Waals surface area (Å²) >= 11 is 0. The molecule has 0 saturated carbocycles. The molecule has 0 fully saturated rings. The Kier molecular flexibility index (Phi) is 4.76. The monoisotopic (exact) mass is 272 g/mol. The maximum absolute atomic E-state index is 5.97. The number of anilines is 2. The molecule has 1 aromatic heterocycles. The van der Waals surface area contributed by atoms with Crippen LogP contribution in [0.5, 0.6) is 5.88 Å². The van der Waals surface area contributed by atoms with Crippen molar-refractivity contribution in [2.45, 2.75) is 20.3 Å². The van der Waals surface area contributed by atoms with E-state index in [9.17, 15) is 0 Å². The first-order valence-corrected chi connectivity index (χ1v) is 6.74. The molecule has 1 aromatic carbocycles. The minimum atomic E-state index is 0.431. The molecule has 0 aliphatic heterocycles. The molecular formula is C15H20N4O. The average Bonchev–Trinajstić information content (AvgIpc) is 2.45. The van der Waals surface area contributed by atoms with Gasteiger partial charge in [0, 0.05) is 6.54 Å². The number of nitrogens with one attached hydrogen (secondary N) is 1. The molecule has 0 aliphatic rings. The molecular weight excluding hydrogens is 252 g/mol. The van der Waals surface area contributed by atoms with E-state index in [2.05, 4.69) is 40.4 Å². The van der Waals surface area contributed by atoms with Gasteiger partial charge < -0.3 is 15.8 Å². The van der Waals surface area contributed by atoms with Gasteiger partial charge in [-0.1, -0.05) is 24.3 Å². The number of nitrogens with two attached hydrogens (primary N) is 1. The molecule has 0 atom stereocenters. The molecule has 3 N–H and O–H groups in total. The van der Waals surface area contributed by atoms with Crippen molar-refractivity contribution >= 4 is 11.5 Å². The van der Waals surface area contributed by atoms with Gasteiger partial charge in [0.05, 0.1) is 6.61 Å². The fourth-order valence-electron chi connectivity index (χ4n) is 1.98. The van der Waals surface area contributed by atoms with Crippen LogP contribution in [0, 0.1) is 6.92 Å². The first kappa shape index (κ1) is 14.1. The number of nitrogens with zero attached hydrogens (tertiary/aromatic N) is 2. The van der Waals surface area contributed by atoms with E-state index in [4.69, 9.17) is 10.5 Å². The van der Waals surface area contributed by atoms with Gasteiger partial charge in [-0.05, 0) is 31.4 Å². The number of hydrogen-bond acceptors (Lipinski definition) is 5. The van der Waals surface area contributed by atoms with Crippen molar-refractivity contribution in [3.8, 4) is 5.88 Å². The molecule has 0 unspecified atom stereocenters. The molecule has 0 saturated heterocycles. The SMILES string of the molecule is CCOc1ncnc(NCCc2ccccc2C)c1N. The Morgan fingerprint density at radius 2 is 2.05 bits per heavy atom. The van der Waals surface area contributed by atoms with Crippen molar-refractivity contribution in [2.24, 2.45) is 0 Å².